The second-order valence-electron chi connectivity index (χ2n) is 4.12. The molecule has 20 heavy (non-hydrogen) atoms. The maximum Gasteiger partial charge on any atom is 0.524 e. The molecular weight excluding hydrogens is 295 g/mol. The summed E-state index contributed by atoms with van der Waals surface area (Å²) in [5.74, 6) is -0.264. The van der Waals surface area contributed by atoms with Crippen LogP contribution < -0.4 is 4.52 Å². The largest absolute Gasteiger partial charge is 0.524 e. The first-order valence-electron chi connectivity index (χ1n) is 5.51. The van der Waals surface area contributed by atoms with E-state index in [0.29, 0.717) is 0 Å². The Morgan fingerprint density at radius 1 is 1.25 bits per heavy atom. The molecule has 0 amide bonds. The number of aliphatic hydroxyl groups excluding tert-OH is 3. The van der Waals surface area contributed by atoms with E-state index in [2.05, 4.69) is 14.5 Å². The molecule has 1 aromatic rings. The second-order valence-corrected chi connectivity index (χ2v) is 5.28. The van der Waals surface area contributed by atoms with Gasteiger partial charge in [0.05, 0.1) is 19.0 Å². The number of phosphoric ester groups is 1. The highest BCUT2D eigenvalue weighted by atomic mass is 31.2. The van der Waals surface area contributed by atoms with Crippen molar-refractivity contribution in [3.8, 4) is 5.75 Å². The van der Waals surface area contributed by atoms with Crippen molar-refractivity contribution in [2.75, 3.05) is 6.61 Å². The van der Waals surface area contributed by atoms with Crippen molar-refractivity contribution < 1.29 is 38.9 Å². The Balaban J connectivity index is 2.13. The summed E-state index contributed by atoms with van der Waals surface area (Å²) < 4.78 is 20.1. The highest BCUT2D eigenvalue weighted by Gasteiger charge is 2.44. The van der Waals surface area contributed by atoms with Crippen LogP contribution in [0.15, 0.2) is 12.4 Å². The smallest absolute Gasteiger partial charge is 0.401 e. The molecule has 1 aliphatic rings. The number of ether oxygens (including phenoxy) is 1. The van der Waals surface area contributed by atoms with Crippen LogP contribution in [-0.4, -0.2) is 60.0 Å². The molecule has 0 radical (unpaired) electrons. The molecule has 0 saturated carbocycles. The van der Waals surface area contributed by atoms with Crippen molar-refractivity contribution >= 4 is 7.82 Å². The maximum absolute atomic E-state index is 10.6. The van der Waals surface area contributed by atoms with Gasteiger partial charge in [0.25, 0.3) is 0 Å². The lowest BCUT2D eigenvalue weighted by atomic mass is 10.1. The molecule has 1 aromatic heterocycles. The topological polar surface area (TPSA) is 162 Å². The van der Waals surface area contributed by atoms with Crippen LogP contribution in [0.1, 0.15) is 11.9 Å². The van der Waals surface area contributed by atoms with Gasteiger partial charge in [-0.15, -0.1) is 0 Å². The molecule has 0 bridgehead atoms. The van der Waals surface area contributed by atoms with E-state index in [1.165, 1.54) is 0 Å². The fourth-order valence-electron chi connectivity index (χ4n) is 1.77. The van der Waals surface area contributed by atoms with E-state index in [1.807, 2.05) is 0 Å². The Morgan fingerprint density at radius 3 is 2.30 bits per heavy atom. The zero-order chi connectivity index (χ0) is 14.9. The van der Waals surface area contributed by atoms with Crippen molar-refractivity contribution in [3.63, 3.8) is 0 Å². The van der Waals surface area contributed by atoms with Crippen molar-refractivity contribution in [1.29, 1.82) is 0 Å². The zero-order valence-corrected chi connectivity index (χ0v) is 10.9. The summed E-state index contributed by atoms with van der Waals surface area (Å²) >= 11 is 0. The van der Waals surface area contributed by atoms with Crippen LogP contribution in [-0.2, 0) is 9.30 Å². The summed E-state index contributed by atoms with van der Waals surface area (Å²) in [5.41, 5.74) is 0. The molecule has 10 nitrogen and oxygen atoms in total. The monoisotopic (exact) mass is 308 g/mol. The number of nitrogens with zero attached hydrogens (tertiary/aromatic N) is 2. The van der Waals surface area contributed by atoms with Crippen molar-refractivity contribution in [2.45, 2.75) is 24.4 Å². The number of phosphoric acid groups is 1. The van der Waals surface area contributed by atoms with Crippen LogP contribution in [0, 0.1) is 0 Å². The molecule has 2 rings (SSSR count). The Morgan fingerprint density at radius 2 is 1.85 bits per heavy atom. The summed E-state index contributed by atoms with van der Waals surface area (Å²) in [5, 5.41) is 28.3. The van der Waals surface area contributed by atoms with Crippen LogP contribution in [0.25, 0.3) is 0 Å². The van der Waals surface area contributed by atoms with Gasteiger partial charge in [0, 0.05) is 0 Å². The standard InChI is InChI=1S/C9H13N2O8P/c12-3-5-6(13)7(14)8(18-5)9-10-1-4(2-11-9)19-20(15,16)17/h1-2,5-8,12-14H,3H2,(H2,15,16,17)/t5-,6-,7+,8?/m1/s1. The van der Waals surface area contributed by atoms with E-state index in [0.717, 1.165) is 12.4 Å². The van der Waals surface area contributed by atoms with E-state index in [1.54, 1.807) is 0 Å². The Hall–Kier alpha value is -1.13. The molecule has 0 aromatic carbocycles. The minimum Gasteiger partial charge on any atom is -0.401 e. The van der Waals surface area contributed by atoms with E-state index >= 15 is 0 Å². The van der Waals surface area contributed by atoms with Crippen LogP contribution in [0.4, 0.5) is 0 Å². The van der Waals surface area contributed by atoms with E-state index < -0.39 is 38.8 Å². The van der Waals surface area contributed by atoms with Gasteiger partial charge in [0.2, 0.25) is 0 Å². The number of hydrogen-bond acceptors (Lipinski definition) is 8. The average Bonchev–Trinajstić information content (AvgIpc) is 2.65. The fraction of sp³-hybridized carbons (Fsp3) is 0.556. The summed E-state index contributed by atoms with van der Waals surface area (Å²) in [7, 11) is -4.70. The van der Waals surface area contributed by atoms with Crippen LogP contribution in [0.2, 0.25) is 0 Å². The van der Waals surface area contributed by atoms with E-state index in [-0.39, 0.29) is 11.6 Å². The molecule has 0 aliphatic carbocycles. The first kappa shape index (κ1) is 15.3. The number of aliphatic hydroxyl groups is 3. The lowest BCUT2D eigenvalue weighted by Crippen LogP contribution is -2.32. The molecule has 11 heteroatoms. The maximum atomic E-state index is 10.6. The molecule has 1 aliphatic heterocycles. The average molecular weight is 308 g/mol. The van der Waals surface area contributed by atoms with Gasteiger partial charge >= 0.3 is 7.82 Å². The molecule has 1 saturated heterocycles. The van der Waals surface area contributed by atoms with Crippen LogP contribution in [0.5, 0.6) is 5.75 Å². The van der Waals surface area contributed by atoms with Crippen molar-refractivity contribution in [2.24, 2.45) is 0 Å². The number of hydrogen-bond donors (Lipinski definition) is 5. The highest BCUT2D eigenvalue weighted by Crippen LogP contribution is 2.37. The molecular formula is C9H13N2O8P. The summed E-state index contributed by atoms with van der Waals surface area (Å²) in [4.78, 5) is 24.7. The minimum absolute atomic E-state index is 0.00874. The summed E-state index contributed by atoms with van der Waals surface area (Å²) in [6, 6.07) is 0. The lowest BCUT2D eigenvalue weighted by molar-refractivity contribution is -0.0253. The first-order valence-corrected chi connectivity index (χ1v) is 7.04. The van der Waals surface area contributed by atoms with Gasteiger partial charge in [-0.1, -0.05) is 0 Å². The molecule has 0 spiro atoms. The molecule has 1 unspecified atom stereocenters. The lowest BCUT2D eigenvalue weighted by Gasteiger charge is -2.13. The number of aromatic nitrogens is 2. The first-order chi connectivity index (χ1) is 9.31. The molecule has 5 N–H and O–H groups in total. The minimum atomic E-state index is -4.70. The van der Waals surface area contributed by atoms with E-state index in [9.17, 15) is 14.8 Å². The van der Waals surface area contributed by atoms with Gasteiger partial charge in [-0.25, -0.2) is 14.5 Å². The van der Waals surface area contributed by atoms with Gasteiger partial charge in [-0.2, -0.15) is 0 Å². The Labute approximate surface area is 112 Å². The molecule has 2 heterocycles. The van der Waals surface area contributed by atoms with Crippen molar-refractivity contribution in [3.05, 3.63) is 18.2 Å². The Kier molecular flexibility index (Phi) is 4.35. The third kappa shape index (κ3) is 3.30. The van der Waals surface area contributed by atoms with Crippen LogP contribution in [0.3, 0.4) is 0 Å². The predicted octanol–water partition coefficient (Wildman–Crippen LogP) is -1.90. The normalized spacial score (nSPS) is 30.4. The Bertz CT molecular complexity index is 505. The van der Waals surface area contributed by atoms with Gasteiger partial charge in [0.15, 0.2) is 11.6 Å². The third-order valence-electron chi connectivity index (χ3n) is 2.67. The fourth-order valence-corrected chi connectivity index (χ4v) is 2.14. The van der Waals surface area contributed by atoms with Crippen molar-refractivity contribution in [1.82, 2.24) is 9.97 Å². The molecule has 112 valence electrons. The van der Waals surface area contributed by atoms with Gasteiger partial charge in [-0.3, -0.25) is 9.79 Å². The SMILES string of the molecule is O=P(O)(O)Oc1cnc(C2O[C@H](CO)[C@@H](O)[C@@H]2O)nc1. The van der Waals surface area contributed by atoms with Gasteiger partial charge < -0.3 is 24.6 Å². The second kappa shape index (κ2) is 5.70. The van der Waals surface area contributed by atoms with Gasteiger partial charge in [-0.05, 0) is 0 Å². The summed E-state index contributed by atoms with van der Waals surface area (Å²) in [6.07, 6.45) is -2.61. The molecule has 4 atom stereocenters. The predicted molar refractivity (Wildman–Crippen MR) is 61.4 cm³/mol. The molecule has 1 fully saturated rings. The zero-order valence-electron chi connectivity index (χ0n) is 9.97. The highest BCUT2D eigenvalue weighted by molar-refractivity contribution is 7.46. The summed E-state index contributed by atoms with van der Waals surface area (Å²) in [6.45, 7) is -0.478. The van der Waals surface area contributed by atoms with Crippen LogP contribution >= 0.6 is 7.82 Å². The quantitative estimate of drug-likeness (QED) is 0.397. The van der Waals surface area contributed by atoms with Gasteiger partial charge in [0.1, 0.15) is 24.4 Å². The third-order valence-corrected chi connectivity index (χ3v) is 3.12. The number of rotatable bonds is 4. The van der Waals surface area contributed by atoms with E-state index in [4.69, 9.17) is 19.6 Å².